The van der Waals surface area contributed by atoms with Gasteiger partial charge in [-0.15, -0.1) is 11.3 Å². The number of ether oxygens (including phenoxy) is 1. The molecule has 4 fully saturated rings. The first-order valence-corrected chi connectivity index (χ1v) is 32.1. The molecule has 0 radical (unpaired) electrons. The number of piperazine rings is 1. The van der Waals surface area contributed by atoms with Gasteiger partial charge >= 0.3 is 5.97 Å². The summed E-state index contributed by atoms with van der Waals surface area (Å²) >= 11 is 8.04. The number of aryl methyl sites for hydroxylation is 1. The third kappa shape index (κ3) is 11.9. The molecule has 26 heteroatoms. The SMILES string of the molecule is CN1CCN(C(=O)C2CCCN2C(=O)C2(Oc3ccccc3-c3nc4cccc(Cl)c4s3)CCN(C(=O)[C@H]3CC(=O)Nc4ccccc43)CC2)CC1C(=O)N1CCC(c2nn(CC(=O)NCC(=O)NCC(=O)O)c3cccc(-c4cc5c(cnn5C)cc4F)c23)CC1. The number of carboxylic acids is 1. The average Bonchev–Trinajstić information content (AvgIpc) is 1.52. The molecule has 13 rings (SSSR count). The molecule has 0 saturated carbocycles. The summed E-state index contributed by atoms with van der Waals surface area (Å²) in [6.45, 7) is 0.640. The molecule has 0 bridgehead atoms. The van der Waals surface area contributed by atoms with Crippen LogP contribution in [0.3, 0.4) is 0 Å². The van der Waals surface area contributed by atoms with Gasteiger partial charge in [0, 0.05) is 107 Å². The molecular weight excluding hydrogens is 1220 g/mol. The average molecular weight is 1290 g/mol. The van der Waals surface area contributed by atoms with Crippen molar-refractivity contribution in [2.45, 2.75) is 81.0 Å². The number of anilines is 1. The molecule has 4 N–H and O–H groups in total. The Morgan fingerprint density at radius 1 is 0.761 bits per heavy atom. The topological polar surface area (TPSA) is 267 Å². The normalized spacial score (nSPS) is 19.5. The summed E-state index contributed by atoms with van der Waals surface area (Å²) in [5.41, 5.74) is 3.85. The number of hydrogen-bond acceptors (Lipinski definition) is 14. The molecule has 5 aliphatic heterocycles. The summed E-state index contributed by atoms with van der Waals surface area (Å²) in [6.07, 6.45) is 3.62. The van der Waals surface area contributed by atoms with Crippen LogP contribution in [-0.4, -0.2) is 192 Å². The van der Waals surface area contributed by atoms with Crippen molar-refractivity contribution in [1.82, 2.24) is 59.7 Å². The van der Waals surface area contributed by atoms with Crippen molar-refractivity contribution in [3.05, 3.63) is 125 Å². The smallest absolute Gasteiger partial charge is 0.322 e. The predicted octanol–water partition coefficient (Wildman–Crippen LogP) is 6.38. The lowest BCUT2D eigenvalue weighted by molar-refractivity contribution is -0.160. The van der Waals surface area contributed by atoms with Gasteiger partial charge in [0.05, 0.1) is 56.2 Å². The number of rotatable bonds is 15. The van der Waals surface area contributed by atoms with Gasteiger partial charge in [0.1, 0.15) is 41.7 Å². The molecule has 3 aromatic heterocycles. The van der Waals surface area contributed by atoms with Crippen LogP contribution < -0.4 is 20.7 Å². The summed E-state index contributed by atoms with van der Waals surface area (Å²) in [7, 11) is 3.64. The molecule has 8 heterocycles. The van der Waals surface area contributed by atoms with E-state index in [0.29, 0.717) is 123 Å². The minimum Gasteiger partial charge on any atom is -0.480 e. The second-order valence-corrected chi connectivity index (χ2v) is 25.7. The van der Waals surface area contributed by atoms with Gasteiger partial charge in [0.25, 0.3) is 5.91 Å². The molecule has 0 spiro atoms. The van der Waals surface area contributed by atoms with E-state index in [-0.39, 0.29) is 87.4 Å². The molecular formula is C66H67ClFN13O10S. The summed E-state index contributed by atoms with van der Waals surface area (Å²) in [6, 6.07) is 27.1. The number of carboxylic acid groups (broad SMARTS) is 1. The number of para-hydroxylation sites is 2. The van der Waals surface area contributed by atoms with Gasteiger partial charge in [-0.1, -0.05) is 60.1 Å². The van der Waals surface area contributed by atoms with E-state index in [4.69, 9.17) is 31.5 Å². The van der Waals surface area contributed by atoms with Crippen LogP contribution in [0, 0.1) is 5.82 Å². The molecule has 3 atom stereocenters. The minimum absolute atomic E-state index is 0.0129. The highest BCUT2D eigenvalue weighted by molar-refractivity contribution is 7.22. The number of likely N-dealkylation sites (tertiary alicyclic amines) is 3. The van der Waals surface area contributed by atoms with E-state index in [0.717, 1.165) is 10.3 Å². The molecule has 2 unspecified atom stereocenters. The number of nitrogens with one attached hydrogen (secondary N) is 3. The maximum absolute atomic E-state index is 16.3. The number of amides is 7. The first kappa shape index (κ1) is 61.5. The molecule has 92 heavy (non-hydrogen) atoms. The Labute approximate surface area is 536 Å². The van der Waals surface area contributed by atoms with Crippen molar-refractivity contribution in [2.75, 3.05) is 77.8 Å². The second kappa shape index (κ2) is 25.4. The maximum Gasteiger partial charge on any atom is 0.322 e. The zero-order valence-electron chi connectivity index (χ0n) is 50.6. The summed E-state index contributed by atoms with van der Waals surface area (Å²) in [4.78, 5) is 124. The third-order valence-corrected chi connectivity index (χ3v) is 20.3. The van der Waals surface area contributed by atoms with Gasteiger partial charge in [-0.25, -0.2) is 9.37 Å². The maximum atomic E-state index is 16.3. The van der Waals surface area contributed by atoms with Crippen LogP contribution in [0.15, 0.2) is 103 Å². The van der Waals surface area contributed by atoms with Crippen LogP contribution in [0.1, 0.15) is 68.0 Å². The quantitative estimate of drug-likeness (QED) is 0.0868. The molecule has 7 amide bonds. The number of thiazole rings is 1. The molecule has 476 valence electrons. The zero-order chi connectivity index (χ0) is 64.1. The van der Waals surface area contributed by atoms with Gasteiger partial charge < -0.3 is 45.4 Å². The Hall–Kier alpha value is -9.33. The number of aromatic nitrogens is 5. The van der Waals surface area contributed by atoms with Crippen molar-refractivity contribution in [2.24, 2.45) is 7.05 Å². The van der Waals surface area contributed by atoms with Gasteiger partial charge in [0.2, 0.25) is 35.4 Å². The van der Waals surface area contributed by atoms with Gasteiger partial charge in [-0.3, -0.25) is 52.6 Å². The lowest BCUT2D eigenvalue weighted by Gasteiger charge is -2.45. The van der Waals surface area contributed by atoms with Gasteiger partial charge in [-0.2, -0.15) is 10.2 Å². The number of carbonyl (C=O) groups is 8. The van der Waals surface area contributed by atoms with Crippen molar-refractivity contribution in [1.29, 1.82) is 0 Å². The standard InChI is InChI=1S/C66H67ClFN13O10S/c1-75-28-29-79(36-52(75)64(89)77-24-19-38(20-25-77)59-58-41(43-31-51-39(30-46(43)68)33-71-76(51)2)12-7-16-49(58)81(74-59)37-56(84)69-34-55(83)70-35-57(85)86)63(88)50-17-9-23-80(50)65(90)66(91-53-18-6-4-11-42(53)61-73-48-15-8-13-45(67)60(48)92-61)21-26-78(27-22-66)62(87)44-32-54(82)72-47-14-5-3-10-40(44)47/h3-8,10-16,18,30-31,33,38,44,50,52H,9,17,19-29,32,34-37H2,1-2H3,(H,69,84)(H,70,83)(H,72,82)(H,85,86)/t44-,50?,52?/m0/s1. The number of hydrogen-bond donors (Lipinski definition) is 4. The van der Waals surface area contributed by atoms with E-state index in [1.54, 1.807) is 80.0 Å². The highest BCUT2D eigenvalue weighted by Crippen LogP contribution is 2.44. The highest BCUT2D eigenvalue weighted by Gasteiger charge is 2.52. The van der Waals surface area contributed by atoms with E-state index in [1.165, 1.54) is 22.1 Å². The Morgan fingerprint density at radius 3 is 2.28 bits per heavy atom. The van der Waals surface area contributed by atoms with Crippen molar-refractivity contribution < 1.29 is 52.6 Å². The minimum atomic E-state index is -1.53. The summed E-state index contributed by atoms with van der Waals surface area (Å²) in [5, 5.41) is 28.4. The van der Waals surface area contributed by atoms with Crippen LogP contribution >= 0.6 is 22.9 Å². The van der Waals surface area contributed by atoms with E-state index in [1.807, 2.05) is 60.5 Å². The van der Waals surface area contributed by atoms with Crippen LogP contribution in [-0.2, 0) is 51.9 Å². The van der Waals surface area contributed by atoms with E-state index >= 15 is 14.0 Å². The van der Waals surface area contributed by atoms with Crippen LogP contribution in [0.4, 0.5) is 10.1 Å². The van der Waals surface area contributed by atoms with Crippen LogP contribution in [0.2, 0.25) is 5.02 Å². The molecule has 0 aliphatic carbocycles. The van der Waals surface area contributed by atoms with E-state index in [9.17, 15) is 28.8 Å². The molecule has 5 aromatic carbocycles. The van der Waals surface area contributed by atoms with Crippen LogP contribution in [0.25, 0.3) is 53.7 Å². The number of likely N-dealkylation sites (N-methyl/N-ethyl adjacent to an activating group) is 1. The predicted molar refractivity (Wildman–Crippen MR) is 341 cm³/mol. The number of nitrogens with zero attached hydrogens (tertiary/aromatic N) is 10. The summed E-state index contributed by atoms with van der Waals surface area (Å²) < 4.78 is 27.3. The monoisotopic (exact) mass is 1290 g/mol. The second-order valence-electron chi connectivity index (χ2n) is 24.3. The number of halogens is 2. The van der Waals surface area contributed by atoms with Crippen LogP contribution in [0.5, 0.6) is 5.75 Å². The van der Waals surface area contributed by atoms with E-state index in [2.05, 4.69) is 21.0 Å². The molecule has 4 saturated heterocycles. The van der Waals surface area contributed by atoms with Crippen molar-refractivity contribution >= 4 is 108 Å². The first-order valence-electron chi connectivity index (χ1n) is 30.9. The molecule has 5 aliphatic rings. The summed E-state index contributed by atoms with van der Waals surface area (Å²) in [5.74, 6) is -4.78. The number of aliphatic carboxylic acids is 1. The lowest BCUT2D eigenvalue weighted by atomic mass is 9.85. The number of piperidine rings is 2. The van der Waals surface area contributed by atoms with E-state index < -0.39 is 60.3 Å². The Bertz CT molecular complexity index is 4290. The first-order chi connectivity index (χ1) is 44.4. The van der Waals surface area contributed by atoms with Gasteiger partial charge in [0.15, 0.2) is 5.60 Å². The third-order valence-electron chi connectivity index (χ3n) is 18.7. The number of benzene rings is 5. The molecule has 23 nitrogen and oxygen atoms in total. The number of carbonyl (C=O) groups excluding carboxylic acids is 7. The molecule has 8 aromatic rings. The lowest BCUT2D eigenvalue weighted by Crippen LogP contribution is -2.64. The fourth-order valence-electron chi connectivity index (χ4n) is 13.8. The fourth-order valence-corrected chi connectivity index (χ4v) is 15.1. The number of fused-ring (bicyclic) bond motifs is 4. The Kier molecular flexibility index (Phi) is 17.0. The fraction of sp³-hybridized carbons (Fsp3) is 0.379. The van der Waals surface area contributed by atoms with Crippen molar-refractivity contribution in [3.63, 3.8) is 0 Å². The zero-order valence-corrected chi connectivity index (χ0v) is 52.2. The largest absolute Gasteiger partial charge is 0.480 e. The Morgan fingerprint density at radius 2 is 1.49 bits per heavy atom. The van der Waals surface area contributed by atoms with Gasteiger partial charge in [-0.05, 0) is 92.4 Å². The highest BCUT2D eigenvalue weighted by atomic mass is 35.5. The Balaban J connectivity index is 0.726. The van der Waals surface area contributed by atoms with Crippen molar-refractivity contribution in [3.8, 4) is 27.4 Å².